The molecule has 0 aliphatic rings. The average molecular weight is 348 g/mol. The van der Waals surface area contributed by atoms with Crippen LogP contribution >= 0.6 is 15.9 Å². The van der Waals surface area contributed by atoms with E-state index in [1.165, 1.54) is 5.69 Å². The van der Waals surface area contributed by atoms with Crippen LogP contribution in [0.5, 0.6) is 0 Å². The van der Waals surface area contributed by atoms with Gasteiger partial charge < -0.3 is 14.8 Å². The highest BCUT2D eigenvalue weighted by molar-refractivity contribution is 9.10. The molecule has 116 valence electrons. The molecule has 0 aliphatic carbocycles. The van der Waals surface area contributed by atoms with E-state index in [-0.39, 0.29) is 12.1 Å². The average Bonchev–Trinajstić information content (AvgIpc) is 2.81. The molecule has 0 fully saturated rings. The number of methoxy groups -OCH3 is 2. The minimum Gasteiger partial charge on any atom is -0.383 e. The fraction of sp³-hybridized carbons (Fsp3) is 0.786. The van der Waals surface area contributed by atoms with Crippen LogP contribution in [0.4, 0.5) is 0 Å². The van der Waals surface area contributed by atoms with Crippen LogP contribution in [0.2, 0.25) is 0 Å². The van der Waals surface area contributed by atoms with Gasteiger partial charge in [-0.05, 0) is 42.2 Å². The molecule has 20 heavy (non-hydrogen) atoms. The van der Waals surface area contributed by atoms with Gasteiger partial charge in [0.2, 0.25) is 0 Å². The van der Waals surface area contributed by atoms with E-state index in [0.717, 1.165) is 30.4 Å². The summed E-state index contributed by atoms with van der Waals surface area (Å²) in [7, 11) is 3.46. The van der Waals surface area contributed by atoms with Crippen molar-refractivity contribution in [1.82, 2.24) is 15.1 Å². The van der Waals surface area contributed by atoms with Crippen molar-refractivity contribution < 1.29 is 9.47 Å². The molecule has 0 bridgehead atoms. The van der Waals surface area contributed by atoms with Crippen LogP contribution in [0.3, 0.4) is 0 Å². The minimum atomic E-state index is 0.269. The second-order valence-corrected chi connectivity index (χ2v) is 5.68. The van der Waals surface area contributed by atoms with Gasteiger partial charge in [0.25, 0.3) is 0 Å². The lowest BCUT2D eigenvalue weighted by molar-refractivity contribution is 0.105. The summed E-state index contributed by atoms with van der Waals surface area (Å²) in [5.41, 5.74) is 1.19. The van der Waals surface area contributed by atoms with Crippen LogP contribution in [-0.2, 0) is 16.0 Å². The van der Waals surface area contributed by atoms with Crippen molar-refractivity contribution in [3.63, 3.8) is 0 Å². The van der Waals surface area contributed by atoms with Gasteiger partial charge in [0.05, 0.1) is 41.7 Å². The molecule has 0 aliphatic heterocycles. The molecule has 1 N–H and O–H groups in total. The first-order valence-electron chi connectivity index (χ1n) is 7.10. The SMILES string of the molecule is CCNC(CCC(C)OC)c1c(Br)cnn1CCOC. The molecule has 1 aromatic heterocycles. The highest BCUT2D eigenvalue weighted by Crippen LogP contribution is 2.27. The van der Waals surface area contributed by atoms with E-state index < -0.39 is 0 Å². The molecular weight excluding hydrogens is 322 g/mol. The molecule has 1 aromatic rings. The van der Waals surface area contributed by atoms with Crippen molar-refractivity contribution in [3.05, 3.63) is 16.4 Å². The van der Waals surface area contributed by atoms with Gasteiger partial charge in [0, 0.05) is 14.2 Å². The number of nitrogens with one attached hydrogen (secondary N) is 1. The number of hydrogen-bond donors (Lipinski definition) is 1. The quantitative estimate of drug-likeness (QED) is 0.706. The molecule has 0 aromatic carbocycles. The first kappa shape index (κ1) is 17.6. The summed E-state index contributed by atoms with van der Waals surface area (Å²) >= 11 is 3.61. The Labute approximate surface area is 130 Å². The summed E-state index contributed by atoms with van der Waals surface area (Å²) in [6.45, 7) is 6.57. The maximum Gasteiger partial charge on any atom is 0.0696 e. The Kier molecular flexibility index (Phi) is 8.37. The predicted molar refractivity (Wildman–Crippen MR) is 83.9 cm³/mol. The summed E-state index contributed by atoms with van der Waals surface area (Å²) in [5.74, 6) is 0. The Hall–Kier alpha value is -0.430. The topological polar surface area (TPSA) is 48.3 Å². The molecular formula is C14H26BrN3O2. The van der Waals surface area contributed by atoms with Gasteiger partial charge in [0.15, 0.2) is 0 Å². The Morgan fingerprint density at radius 2 is 2.15 bits per heavy atom. The highest BCUT2D eigenvalue weighted by Gasteiger charge is 2.20. The van der Waals surface area contributed by atoms with Crippen molar-refractivity contribution in [2.24, 2.45) is 0 Å². The molecule has 2 atom stereocenters. The van der Waals surface area contributed by atoms with Gasteiger partial charge >= 0.3 is 0 Å². The molecule has 0 spiro atoms. The lowest BCUT2D eigenvalue weighted by Gasteiger charge is -2.21. The summed E-state index contributed by atoms with van der Waals surface area (Å²) in [5, 5.41) is 7.96. The van der Waals surface area contributed by atoms with Gasteiger partial charge in [-0.25, -0.2) is 0 Å². The monoisotopic (exact) mass is 347 g/mol. The zero-order chi connectivity index (χ0) is 15.0. The number of halogens is 1. The van der Waals surface area contributed by atoms with Crippen LogP contribution in [0.25, 0.3) is 0 Å². The van der Waals surface area contributed by atoms with Crippen LogP contribution in [0.1, 0.15) is 38.4 Å². The zero-order valence-electron chi connectivity index (χ0n) is 12.9. The summed E-state index contributed by atoms with van der Waals surface area (Å²) < 4.78 is 13.5. The molecule has 0 saturated heterocycles. The van der Waals surface area contributed by atoms with Gasteiger partial charge in [0.1, 0.15) is 0 Å². The maximum absolute atomic E-state index is 5.34. The predicted octanol–water partition coefficient (Wildman–Crippen LogP) is 2.76. The van der Waals surface area contributed by atoms with Gasteiger partial charge in [-0.15, -0.1) is 0 Å². The van der Waals surface area contributed by atoms with Crippen molar-refractivity contribution in [2.45, 2.75) is 45.4 Å². The third kappa shape index (κ3) is 5.16. The summed E-state index contributed by atoms with van der Waals surface area (Å²) in [6, 6.07) is 0.270. The summed E-state index contributed by atoms with van der Waals surface area (Å²) in [4.78, 5) is 0. The number of aromatic nitrogens is 2. The maximum atomic E-state index is 5.34. The first-order chi connectivity index (χ1) is 9.63. The Morgan fingerprint density at radius 1 is 1.40 bits per heavy atom. The van der Waals surface area contributed by atoms with Crippen LogP contribution in [-0.4, -0.2) is 43.3 Å². The Bertz CT molecular complexity index is 384. The Morgan fingerprint density at radius 3 is 2.75 bits per heavy atom. The standard InChI is InChI=1S/C14H26BrN3O2/c1-5-16-13(7-6-11(2)20-4)14-12(15)10-17-18(14)8-9-19-3/h10-11,13,16H,5-9H2,1-4H3. The lowest BCUT2D eigenvalue weighted by Crippen LogP contribution is -2.26. The minimum absolute atomic E-state index is 0.269. The molecule has 0 saturated carbocycles. The van der Waals surface area contributed by atoms with E-state index in [1.54, 1.807) is 14.2 Å². The highest BCUT2D eigenvalue weighted by atomic mass is 79.9. The largest absolute Gasteiger partial charge is 0.383 e. The van der Waals surface area contributed by atoms with Crippen molar-refractivity contribution in [2.75, 3.05) is 27.4 Å². The third-order valence-electron chi connectivity index (χ3n) is 3.39. The molecule has 1 rings (SSSR count). The van der Waals surface area contributed by atoms with Gasteiger partial charge in [-0.1, -0.05) is 6.92 Å². The Balaban J connectivity index is 2.81. The fourth-order valence-electron chi connectivity index (χ4n) is 2.18. The summed E-state index contributed by atoms with van der Waals surface area (Å²) in [6.07, 6.45) is 4.15. The van der Waals surface area contributed by atoms with Gasteiger partial charge in [-0.2, -0.15) is 5.10 Å². The number of hydrogen-bond acceptors (Lipinski definition) is 4. The van der Waals surface area contributed by atoms with E-state index in [2.05, 4.69) is 40.2 Å². The second kappa shape index (κ2) is 9.50. The molecule has 6 heteroatoms. The fourth-order valence-corrected chi connectivity index (χ4v) is 2.75. The number of nitrogens with zero attached hydrogens (tertiary/aromatic N) is 2. The van der Waals surface area contributed by atoms with E-state index >= 15 is 0 Å². The molecule has 0 radical (unpaired) electrons. The first-order valence-corrected chi connectivity index (χ1v) is 7.89. The smallest absolute Gasteiger partial charge is 0.0696 e. The zero-order valence-corrected chi connectivity index (χ0v) is 14.4. The third-order valence-corrected chi connectivity index (χ3v) is 4.00. The number of rotatable bonds is 10. The van der Waals surface area contributed by atoms with E-state index in [4.69, 9.17) is 9.47 Å². The molecule has 2 unspecified atom stereocenters. The van der Waals surface area contributed by atoms with Crippen LogP contribution in [0, 0.1) is 0 Å². The van der Waals surface area contributed by atoms with Crippen molar-refractivity contribution in [1.29, 1.82) is 0 Å². The van der Waals surface area contributed by atoms with Gasteiger partial charge in [-0.3, -0.25) is 4.68 Å². The second-order valence-electron chi connectivity index (χ2n) is 4.83. The van der Waals surface area contributed by atoms with E-state index in [9.17, 15) is 0 Å². The molecule has 1 heterocycles. The van der Waals surface area contributed by atoms with Crippen LogP contribution < -0.4 is 5.32 Å². The van der Waals surface area contributed by atoms with Crippen LogP contribution in [0.15, 0.2) is 10.7 Å². The van der Waals surface area contributed by atoms with Crippen molar-refractivity contribution in [3.8, 4) is 0 Å². The van der Waals surface area contributed by atoms with E-state index in [1.807, 2.05) is 10.9 Å². The normalized spacial score (nSPS) is 14.4. The molecule has 5 nitrogen and oxygen atoms in total. The van der Waals surface area contributed by atoms with Crippen molar-refractivity contribution >= 4 is 15.9 Å². The molecule has 0 amide bonds. The lowest BCUT2D eigenvalue weighted by atomic mass is 10.1. The number of ether oxygens (including phenoxy) is 2. The van der Waals surface area contributed by atoms with E-state index in [0.29, 0.717) is 6.61 Å².